The number of aliphatic imine (C=N–C) groups is 2. The van der Waals surface area contributed by atoms with Crippen LogP contribution in [0, 0.1) is 0 Å². The molecule has 0 bridgehead atoms. The largest absolute Gasteiger partial charge is 0.494 e. The lowest BCUT2D eigenvalue weighted by atomic mass is 9.99. The van der Waals surface area contributed by atoms with Crippen LogP contribution in [0.2, 0.25) is 0 Å². The zero-order chi connectivity index (χ0) is 36.1. The molecular weight excluding hydrogens is 657 g/mol. The molecule has 2 aliphatic heterocycles. The molecule has 12 heteroatoms. The zero-order valence-corrected chi connectivity index (χ0v) is 32.1. The van der Waals surface area contributed by atoms with E-state index in [0.717, 1.165) is 68.9 Å². The van der Waals surface area contributed by atoms with Crippen LogP contribution in [-0.2, 0) is 11.0 Å². The Morgan fingerprint density at radius 1 is 1.08 bits per heavy atom. The highest BCUT2D eigenvalue weighted by atomic mass is 31.2. The minimum absolute atomic E-state index is 0.440. The molecule has 0 saturated carbocycles. The molecule has 272 valence electrons. The third kappa shape index (κ3) is 8.21. The lowest BCUT2D eigenvalue weighted by Crippen LogP contribution is -2.52. The molecular formula is C39H54N9O2P. The van der Waals surface area contributed by atoms with E-state index in [9.17, 15) is 4.57 Å². The number of likely N-dealkylation sites (N-methyl/N-ethyl adjacent to an activating group) is 1. The number of aromatic nitrogens is 2. The molecule has 2 fully saturated rings. The maximum atomic E-state index is 13.8. The molecule has 2 N–H and O–H groups in total. The highest BCUT2D eigenvalue weighted by Gasteiger charge is 2.29. The van der Waals surface area contributed by atoms with Crippen LogP contribution in [0.25, 0.3) is 5.57 Å². The Morgan fingerprint density at radius 3 is 2.47 bits per heavy atom. The number of anilines is 5. The topological polar surface area (TPSA) is 111 Å². The van der Waals surface area contributed by atoms with Gasteiger partial charge in [-0.15, -0.1) is 0 Å². The third-order valence-corrected chi connectivity index (χ3v) is 11.9. The lowest BCUT2D eigenvalue weighted by molar-refractivity contribution is 0.0982. The number of methoxy groups -OCH3 is 1. The van der Waals surface area contributed by atoms with Gasteiger partial charge in [0.1, 0.15) is 24.4 Å². The number of allylic oxidation sites excluding steroid dienone is 2. The second-order valence-corrected chi connectivity index (χ2v) is 17.3. The van der Waals surface area contributed by atoms with Crippen LogP contribution in [0.4, 0.5) is 40.2 Å². The summed E-state index contributed by atoms with van der Waals surface area (Å²) in [5, 5.41) is 7.65. The van der Waals surface area contributed by atoms with Gasteiger partial charge in [0.2, 0.25) is 5.95 Å². The summed E-state index contributed by atoms with van der Waals surface area (Å²) >= 11 is 0. The van der Waals surface area contributed by atoms with E-state index in [2.05, 4.69) is 74.2 Å². The molecule has 0 atom stereocenters. The van der Waals surface area contributed by atoms with Gasteiger partial charge in [0.05, 0.1) is 29.5 Å². The van der Waals surface area contributed by atoms with Gasteiger partial charge in [0.15, 0.2) is 0 Å². The van der Waals surface area contributed by atoms with E-state index in [0.29, 0.717) is 40.2 Å². The monoisotopic (exact) mass is 711 g/mol. The van der Waals surface area contributed by atoms with Crippen LogP contribution < -0.4 is 25.6 Å². The molecule has 3 heterocycles. The molecule has 3 aromatic rings. The second kappa shape index (κ2) is 16.1. The molecule has 0 amide bonds. The molecule has 2 aromatic carbocycles. The fourth-order valence-electron chi connectivity index (χ4n) is 7.65. The summed E-state index contributed by atoms with van der Waals surface area (Å²) in [6.07, 6.45) is 12.1. The summed E-state index contributed by atoms with van der Waals surface area (Å²) in [6, 6.07) is 8.75. The molecule has 3 aliphatic rings. The second-order valence-electron chi connectivity index (χ2n) is 14.1. The number of nitrogens with one attached hydrogen (secondary N) is 2. The average Bonchev–Trinajstić information content (AvgIpc) is 3.67. The maximum absolute atomic E-state index is 13.8. The fourth-order valence-corrected chi connectivity index (χ4v) is 9.04. The van der Waals surface area contributed by atoms with Crippen LogP contribution in [0.3, 0.4) is 0 Å². The number of rotatable bonds is 12. The number of aryl methyl sites for hydroxylation is 1. The smallest absolute Gasteiger partial charge is 0.229 e. The van der Waals surface area contributed by atoms with Gasteiger partial charge in [0, 0.05) is 75.0 Å². The summed E-state index contributed by atoms with van der Waals surface area (Å²) in [7, 11) is 1.11. The number of nitrogens with zero attached hydrogens (tertiary/aromatic N) is 7. The van der Waals surface area contributed by atoms with Crippen molar-refractivity contribution in [1.29, 1.82) is 0 Å². The van der Waals surface area contributed by atoms with E-state index >= 15 is 0 Å². The Morgan fingerprint density at radius 2 is 1.84 bits per heavy atom. The first-order chi connectivity index (χ1) is 24.6. The van der Waals surface area contributed by atoms with E-state index in [-0.39, 0.29) is 0 Å². The van der Waals surface area contributed by atoms with Crippen LogP contribution in [-0.4, -0.2) is 105 Å². The van der Waals surface area contributed by atoms with Gasteiger partial charge in [-0.3, -0.25) is 14.9 Å². The summed E-state index contributed by atoms with van der Waals surface area (Å²) in [5.74, 6) is 1.82. The number of ether oxygens (including phenoxy) is 1. The fraction of sp³-hybridized carbons (Fsp3) is 0.487. The Labute approximate surface area is 303 Å². The Hall–Kier alpha value is -4.05. The zero-order valence-electron chi connectivity index (χ0n) is 31.2. The van der Waals surface area contributed by atoms with E-state index < -0.39 is 7.14 Å². The van der Waals surface area contributed by atoms with Gasteiger partial charge in [-0.05, 0) is 102 Å². The first-order valence-corrected chi connectivity index (χ1v) is 20.9. The minimum Gasteiger partial charge on any atom is -0.494 e. The summed E-state index contributed by atoms with van der Waals surface area (Å²) in [4.78, 5) is 26.2. The van der Waals surface area contributed by atoms with Gasteiger partial charge in [-0.25, -0.2) is 4.98 Å². The number of piperazine rings is 1. The summed E-state index contributed by atoms with van der Waals surface area (Å²) in [6.45, 7) is 18.0. The van der Waals surface area contributed by atoms with Gasteiger partial charge >= 0.3 is 0 Å². The average molecular weight is 712 g/mol. The number of hydrogen-bond acceptors (Lipinski definition) is 11. The van der Waals surface area contributed by atoms with Crippen molar-refractivity contribution >= 4 is 71.2 Å². The SMILES string of the molecule is C=Nc1ccc(Nc2nc(Nc3cc(CC)c(N4CCC(N5CCN(C)CC5)CC4)cc3OC)ncc2C2=CCCC2)c(P(C)(C)=O)c1N=CC. The van der Waals surface area contributed by atoms with Crippen molar-refractivity contribution in [2.24, 2.45) is 9.98 Å². The molecule has 1 aliphatic carbocycles. The number of piperidine rings is 1. The summed E-state index contributed by atoms with van der Waals surface area (Å²) < 4.78 is 19.7. The van der Waals surface area contributed by atoms with Crippen molar-refractivity contribution in [2.75, 3.05) is 82.3 Å². The van der Waals surface area contributed by atoms with Crippen molar-refractivity contribution in [3.63, 3.8) is 0 Å². The Balaban J connectivity index is 1.30. The van der Waals surface area contributed by atoms with Gasteiger partial charge in [-0.1, -0.05) is 13.0 Å². The van der Waals surface area contributed by atoms with Gasteiger partial charge in [0.25, 0.3) is 0 Å². The first kappa shape index (κ1) is 36.7. The third-order valence-electron chi connectivity index (χ3n) is 10.4. The van der Waals surface area contributed by atoms with E-state index in [4.69, 9.17) is 14.7 Å². The molecule has 0 unspecified atom stereocenters. The van der Waals surface area contributed by atoms with E-state index in [1.165, 1.54) is 42.8 Å². The standard InChI is InChI=1S/C39H54N9O2P/c1-8-27-24-33(35(50-5)25-34(27)48-18-16-29(17-19-48)47-22-20-46(4)21-23-47)44-39-42-26-30(28-12-10-11-13-28)38(45-39)43-32-15-14-31(40-3)36(41-9-2)37(32)51(6,7)49/h9,12,14-15,24-26,29H,3,8,10-11,13,16-23H2,1-2,4-7H3,(H2,42,43,44,45). The molecule has 0 spiro atoms. The molecule has 2 saturated heterocycles. The minimum atomic E-state index is -2.82. The Bertz CT molecular complexity index is 1840. The normalized spacial score (nSPS) is 17.9. The van der Waals surface area contributed by atoms with Crippen molar-refractivity contribution < 1.29 is 9.30 Å². The van der Waals surface area contributed by atoms with Crippen LogP contribution in [0.5, 0.6) is 5.75 Å². The number of benzene rings is 2. The molecule has 11 nitrogen and oxygen atoms in total. The quantitative estimate of drug-likeness (QED) is 0.145. The Kier molecular flexibility index (Phi) is 11.6. The molecule has 6 rings (SSSR count). The van der Waals surface area contributed by atoms with Crippen LogP contribution in [0.1, 0.15) is 57.1 Å². The molecule has 51 heavy (non-hydrogen) atoms. The summed E-state index contributed by atoms with van der Waals surface area (Å²) in [5.41, 5.74) is 7.25. The highest BCUT2D eigenvalue weighted by Crippen LogP contribution is 2.46. The van der Waals surface area contributed by atoms with Crippen molar-refractivity contribution in [3.05, 3.63) is 47.7 Å². The van der Waals surface area contributed by atoms with Gasteiger partial charge in [-0.2, -0.15) is 4.98 Å². The highest BCUT2D eigenvalue weighted by molar-refractivity contribution is 7.70. The maximum Gasteiger partial charge on any atom is 0.229 e. The van der Waals surface area contributed by atoms with E-state index in [1.807, 2.05) is 25.3 Å². The predicted molar refractivity (Wildman–Crippen MR) is 216 cm³/mol. The first-order valence-electron chi connectivity index (χ1n) is 18.3. The molecule has 0 radical (unpaired) electrons. The van der Waals surface area contributed by atoms with Crippen molar-refractivity contribution in [3.8, 4) is 5.75 Å². The number of hydrogen-bond donors (Lipinski definition) is 2. The van der Waals surface area contributed by atoms with Gasteiger partial charge < -0.3 is 29.7 Å². The molecule has 1 aromatic heterocycles. The predicted octanol–water partition coefficient (Wildman–Crippen LogP) is 7.62. The van der Waals surface area contributed by atoms with Crippen molar-refractivity contribution in [1.82, 2.24) is 19.8 Å². The van der Waals surface area contributed by atoms with E-state index in [1.54, 1.807) is 26.7 Å². The van der Waals surface area contributed by atoms with Crippen LogP contribution >= 0.6 is 7.14 Å². The lowest BCUT2D eigenvalue weighted by Gasteiger charge is -2.43. The van der Waals surface area contributed by atoms with Crippen LogP contribution in [0.15, 0.2) is 46.5 Å². The van der Waals surface area contributed by atoms with Crippen molar-refractivity contribution in [2.45, 2.75) is 58.4 Å².